The number of anilines is 1. The molecular formula is C15H14BrFN2. The van der Waals surface area contributed by atoms with Crippen molar-refractivity contribution in [1.29, 1.82) is 0 Å². The molecule has 98 valence electrons. The van der Waals surface area contributed by atoms with Gasteiger partial charge in [-0.3, -0.25) is 0 Å². The molecule has 2 aromatic rings. The zero-order valence-corrected chi connectivity index (χ0v) is 12.0. The zero-order valence-electron chi connectivity index (χ0n) is 10.4. The molecule has 1 aromatic heterocycles. The van der Waals surface area contributed by atoms with E-state index >= 15 is 0 Å². The fraction of sp³-hybridized carbons (Fsp3) is 0.267. The third-order valence-electron chi connectivity index (χ3n) is 3.46. The van der Waals surface area contributed by atoms with E-state index in [4.69, 9.17) is 0 Å². The summed E-state index contributed by atoms with van der Waals surface area (Å²) in [5.41, 5.74) is 2.77. The second kappa shape index (κ2) is 5.29. The highest BCUT2D eigenvalue weighted by Crippen LogP contribution is 2.26. The number of hydrogen-bond acceptors (Lipinski definition) is 2. The van der Waals surface area contributed by atoms with Gasteiger partial charge in [-0.2, -0.15) is 4.39 Å². The van der Waals surface area contributed by atoms with Gasteiger partial charge in [-0.1, -0.05) is 28.1 Å². The van der Waals surface area contributed by atoms with E-state index < -0.39 is 5.95 Å². The van der Waals surface area contributed by atoms with E-state index in [1.165, 1.54) is 17.2 Å². The van der Waals surface area contributed by atoms with Gasteiger partial charge in [0.1, 0.15) is 5.82 Å². The van der Waals surface area contributed by atoms with Gasteiger partial charge in [-0.15, -0.1) is 0 Å². The van der Waals surface area contributed by atoms with Gasteiger partial charge in [-0.25, -0.2) is 4.98 Å². The molecule has 0 spiro atoms. The van der Waals surface area contributed by atoms with Crippen molar-refractivity contribution in [3.63, 3.8) is 0 Å². The largest absolute Gasteiger partial charge is 0.367 e. The lowest BCUT2D eigenvalue weighted by molar-refractivity contribution is 0.576. The molecule has 1 N–H and O–H groups in total. The van der Waals surface area contributed by atoms with E-state index in [9.17, 15) is 4.39 Å². The van der Waals surface area contributed by atoms with Crippen molar-refractivity contribution in [2.75, 3.05) is 5.32 Å². The van der Waals surface area contributed by atoms with Gasteiger partial charge in [-0.05, 0) is 54.7 Å². The van der Waals surface area contributed by atoms with Crippen LogP contribution in [0.25, 0.3) is 0 Å². The molecule has 0 fully saturated rings. The maximum absolute atomic E-state index is 13.0. The maximum Gasteiger partial charge on any atom is 0.214 e. The number of hydrogen-bond donors (Lipinski definition) is 1. The molecule has 19 heavy (non-hydrogen) atoms. The monoisotopic (exact) mass is 320 g/mol. The fourth-order valence-corrected chi connectivity index (χ4v) is 2.95. The van der Waals surface area contributed by atoms with Crippen LogP contribution in [-0.2, 0) is 12.8 Å². The molecular weight excluding hydrogens is 307 g/mol. The highest BCUT2D eigenvalue weighted by atomic mass is 79.9. The molecule has 4 heteroatoms. The molecule has 0 radical (unpaired) electrons. The Kier molecular flexibility index (Phi) is 3.51. The molecule has 1 unspecified atom stereocenters. The van der Waals surface area contributed by atoms with Crippen LogP contribution in [0.2, 0.25) is 0 Å². The number of pyridine rings is 1. The van der Waals surface area contributed by atoms with Crippen LogP contribution in [0.4, 0.5) is 10.2 Å². The lowest BCUT2D eigenvalue weighted by Crippen LogP contribution is -2.27. The Morgan fingerprint density at radius 1 is 1.21 bits per heavy atom. The SMILES string of the molecule is Fc1cccc(NC2CCc3cc(Br)ccc3C2)n1. The average Bonchev–Trinajstić information content (AvgIpc) is 2.39. The van der Waals surface area contributed by atoms with Gasteiger partial charge in [0.25, 0.3) is 0 Å². The Hall–Kier alpha value is -1.42. The standard InChI is InChI=1S/C15H14BrFN2/c16-12-6-4-11-9-13(7-5-10(11)8-12)18-15-3-1-2-14(17)19-15/h1-4,6,8,13H,5,7,9H2,(H,18,19). The Bertz CT molecular complexity index is 600. The Balaban J connectivity index is 1.74. The first kappa shape index (κ1) is 12.6. The number of halogens is 2. The van der Waals surface area contributed by atoms with Gasteiger partial charge < -0.3 is 5.32 Å². The molecule has 2 nitrogen and oxygen atoms in total. The first-order valence-electron chi connectivity index (χ1n) is 6.37. The second-order valence-electron chi connectivity index (χ2n) is 4.84. The number of aromatic nitrogens is 1. The quantitative estimate of drug-likeness (QED) is 0.847. The summed E-state index contributed by atoms with van der Waals surface area (Å²) in [4.78, 5) is 3.85. The number of fused-ring (bicyclic) bond motifs is 1. The van der Waals surface area contributed by atoms with Crippen molar-refractivity contribution in [3.8, 4) is 0 Å². The van der Waals surface area contributed by atoms with Crippen molar-refractivity contribution in [3.05, 3.63) is 57.9 Å². The summed E-state index contributed by atoms with van der Waals surface area (Å²) in [6.45, 7) is 0. The van der Waals surface area contributed by atoms with Crippen molar-refractivity contribution >= 4 is 21.7 Å². The van der Waals surface area contributed by atoms with Crippen molar-refractivity contribution in [1.82, 2.24) is 4.98 Å². The number of benzene rings is 1. The lowest BCUT2D eigenvalue weighted by atomic mass is 9.88. The first-order valence-corrected chi connectivity index (χ1v) is 7.16. The summed E-state index contributed by atoms with van der Waals surface area (Å²) in [5.74, 6) is 0.177. The maximum atomic E-state index is 13.0. The van der Waals surface area contributed by atoms with Crippen molar-refractivity contribution in [2.24, 2.45) is 0 Å². The molecule has 0 bridgehead atoms. The second-order valence-corrected chi connectivity index (χ2v) is 5.76. The summed E-state index contributed by atoms with van der Waals surface area (Å²) in [5, 5.41) is 3.31. The zero-order chi connectivity index (χ0) is 13.2. The van der Waals surface area contributed by atoms with Gasteiger partial charge in [0, 0.05) is 10.5 Å². The van der Waals surface area contributed by atoms with Crippen LogP contribution in [0, 0.1) is 5.95 Å². The number of nitrogens with zero attached hydrogens (tertiary/aromatic N) is 1. The topological polar surface area (TPSA) is 24.9 Å². The van der Waals surface area contributed by atoms with E-state index in [0.717, 1.165) is 23.7 Å². The minimum absolute atomic E-state index is 0.322. The van der Waals surface area contributed by atoms with E-state index in [-0.39, 0.29) is 0 Å². The predicted octanol–water partition coefficient (Wildman–Crippen LogP) is 3.95. The minimum Gasteiger partial charge on any atom is -0.367 e. The van der Waals surface area contributed by atoms with E-state index in [1.807, 2.05) is 0 Å². The molecule has 0 amide bonds. The predicted molar refractivity (Wildman–Crippen MR) is 77.8 cm³/mol. The molecule has 1 heterocycles. The third-order valence-corrected chi connectivity index (χ3v) is 3.96. The smallest absolute Gasteiger partial charge is 0.214 e. The van der Waals surface area contributed by atoms with Crippen LogP contribution < -0.4 is 5.32 Å². The minimum atomic E-state index is -0.440. The Morgan fingerprint density at radius 2 is 2.11 bits per heavy atom. The molecule has 1 aliphatic rings. The molecule has 1 atom stereocenters. The molecule has 0 saturated heterocycles. The van der Waals surface area contributed by atoms with Crippen molar-refractivity contribution < 1.29 is 4.39 Å². The summed E-state index contributed by atoms with van der Waals surface area (Å²) < 4.78 is 14.2. The third kappa shape index (κ3) is 2.95. The molecule has 1 aliphatic carbocycles. The normalized spacial score (nSPS) is 17.9. The fourth-order valence-electron chi connectivity index (χ4n) is 2.54. The van der Waals surface area contributed by atoms with E-state index in [1.54, 1.807) is 12.1 Å². The van der Waals surface area contributed by atoms with Gasteiger partial charge in [0.05, 0.1) is 0 Å². The highest BCUT2D eigenvalue weighted by Gasteiger charge is 2.18. The van der Waals surface area contributed by atoms with E-state index in [0.29, 0.717) is 11.9 Å². The summed E-state index contributed by atoms with van der Waals surface area (Å²) in [6, 6.07) is 11.6. The van der Waals surface area contributed by atoms with Crippen LogP contribution in [0.5, 0.6) is 0 Å². The van der Waals surface area contributed by atoms with Gasteiger partial charge >= 0.3 is 0 Å². The van der Waals surface area contributed by atoms with E-state index in [2.05, 4.69) is 44.4 Å². The number of nitrogens with one attached hydrogen (secondary N) is 1. The summed E-state index contributed by atoms with van der Waals surface area (Å²) in [6.07, 6.45) is 3.05. The molecule has 3 rings (SSSR count). The number of rotatable bonds is 2. The first-order chi connectivity index (χ1) is 9.20. The average molecular weight is 321 g/mol. The van der Waals surface area contributed by atoms with Crippen LogP contribution in [0.1, 0.15) is 17.5 Å². The van der Waals surface area contributed by atoms with Crippen LogP contribution >= 0.6 is 15.9 Å². The van der Waals surface area contributed by atoms with Crippen LogP contribution in [0.3, 0.4) is 0 Å². The lowest BCUT2D eigenvalue weighted by Gasteiger charge is -2.26. The molecule has 0 aliphatic heterocycles. The van der Waals surface area contributed by atoms with Gasteiger partial charge in [0.15, 0.2) is 0 Å². The van der Waals surface area contributed by atoms with Crippen LogP contribution in [-0.4, -0.2) is 11.0 Å². The molecule has 0 saturated carbocycles. The highest BCUT2D eigenvalue weighted by molar-refractivity contribution is 9.10. The number of aryl methyl sites for hydroxylation is 1. The van der Waals surface area contributed by atoms with Crippen molar-refractivity contribution in [2.45, 2.75) is 25.3 Å². The summed E-state index contributed by atoms with van der Waals surface area (Å²) >= 11 is 3.50. The Labute approximate surface area is 120 Å². The van der Waals surface area contributed by atoms with Gasteiger partial charge in [0.2, 0.25) is 5.95 Å². The van der Waals surface area contributed by atoms with Crippen LogP contribution in [0.15, 0.2) is 40.9 Å². The summed E-state index contributed by atoms with van der Waals surface area (Å²) in [7, 11) is 0. The Morgan fingerprint density at radius 3 is 2.95 bits per heavy atom. The molecule has 1 aromatic carbocycles.